The van der Waals surface area contributed by atoms with Crippen molar-refractivity contribution in [3.63, 3.8) is 0 Å². The zero-order valence-corrected chi connectivity index (χ0v) is 14.8. The van der Waals surface area contributed by atoms with E-state index in [1.165, 1.54) is 6.08 Å². The molecular formula is C21H22N2O3. The highest BCUT2D eigenvalue weighted by atomic mass is 16.5. The second-order valence-corrected chi connectivity index (χ2v) is 6.15. The fourth-order valence-electron chi connectivity index (χ4n) is 2.88. The Morgan fingerprint density at radius 3 is 2.19 bits per heavy atom. The van der Waals surface area contributed by atoms with Gasteiger partial charge in [-0.05, 0) is 35.9 Å². The normalized spacial score (nSPS) is 14.5. The molecular weight excluding hydrogens is 328 g/mol. The molecule has 1 aliphatic rings. The van der Waals surface area contributed by atoms with Crippen LogP contribution >= 0.6 is 0 Å². The van der Waals surface area contributed by atoms with Gasteiger partial charge in [-0.2, -0.15) is 0 Å². The number of piperazine rings is 1. The van der Waals surface area contributed by atoms with E-state index in [0.29, 0.717) is 5.75 Å². The first-order chi connectivity index (χ1) is 12.6. The summed E-state index contributed by atoms with van der Waals surface area (Å²) in [5.74, 6) is 0.228. The Balaban J connectivity index is 1.54. The van der Waals surface area contributed by atoms with E-state index >= 15 is 0 Å². The van der Waals surface area contributed by atoms with Crippen molar-refractivity contribution < 1.29 is 14.3 Å². The fraction of sp³-hybridized carbons (Fsp3) is 0.238. The number of benzene rings is 2. The van der Waals surface area contributed by atoms with Crippen LogP contribution in [-0.4, -0.2) is 43.0 Å². The molecule has 0 bridgehead atoms. The molecule has 1 fully saturated rings. The number of carbonyl (C=O) groups is 2. The zero-order chi connectivity index (χ0) is 18.4. The number of hydrogen-bond donors (Lipinski definition) is 0. The van der Waals surface area contributed by atoms with E-state index in [1.54, 1.807) is 25.1 Å². The monoisotopic (exact) mass is 350 g/mol. The van der Waals surface area contributed by atoms with Crippen molar-refractivity contribution in [2.24, 2.45) is 0 Å². The zero-order valence-electron chi connectivity index (χ0n) is 14.8. The number of anilines is 1. The highest BCUT2D eigenvalue weighted by molar-refractivity contribution is 5.88. The predicted octanol–water partition coefficient (Wildman–Crippen LogP) is 2.97. The van der Waals surface area contributed by atoms with Crippen LogP contribution in [0.1, 0.15) is 12.5 Å². The van der Waals surface area contributed by atoms with Crippen LogP contribution in [0, 0.1) is 0 Å². The SMILES string of the molecule is CC(=O)N1CCN(c2ccc(OC(=O)/C=C/c3ccccc3)cc2)CC1. The Kier molecular flexibility index (Phi) is 5.69. The fourth-order valence-corrected chi connectivity index (χ4v) is 2.88. The Morgan fingerprint density at radius 1 is 0.923 bits per heavy atom. The Morgan fingerprint density at radius 2 is 1.58 bits per heavy atom. The maximum absolute atomic E-state index is 11.9. The number of rotatable bonds is 4. The topological polar surface area (TPSA) is 49.9 Å². The summed E-state index contributed by atoms with van der Waals surface area (Å²) >= 11 is 0. The van der Waals surface area contributed by atoms with Gasteiger partial charge in [0.25, 0.3) is 0 Å². The lowest BCUT2D eigenvalue weighted by atomic mass is 10.2. The maximum Gasteiger partial charge on any atom is 0.336 e. The molecule has 1 aliphatic heterocycles. The lowest BCUT2D eigenvalue weighted by molar-refractivity contribution is -0.129. The van der Waals surface area contributed by atoms with Crippen LogP contribution in [0.15, 0.2) is 60.7 Å². The number of ether oxygens (including phenoxy) is 1. The molecule has 2 aromatic carbocycles. The summed E-state index contributed by atoms with van der Waals surface area (Å²) in [6.07, 6.45) is 3.15. The first kappa shape index (κ1) is 17.7. The molecule has 1 amide bonds. The first-order valence-corrected chi connectivity index (χ1v) is 8.67. The predicted molar refractivity (Wildman–Crippen MR) is 102 cm³/mol. The van der Waals surface area contributed by atoms with Gasteiger partial charge in [-0.15, -0.1) is 0 Å². The quantitative estimate of drug-likeness (QED) is 0.483. The molecule has 0 radical (unpaired) electrons. The lowest BCUT2D eigenvalue weighted by Crippen LogP contribution is -2.48. The van der Waals surface area contributed by atoms with Gasteiger partial charge in [-0.1, -0.05) is 30.3 Å². The molecule has 5 nitrogen and oxygen atoms in total. The van der Waals surface area contributed by atoms with Crippen molar-refractivity contribution in [3.8, 4) is 5.75 Å². The molecule has 0 unspecified atom stereocenters. The molecule has 1 heterocycles. The van der Waals surface area contributed by atoms with Crippen molar-refractivity contribution in [2.75, 3.05) is 31.1 Å². The van der Waals surface area contributed by atoms with Gasteiger partial charge >= 0.3 is 5.97 Å². The van der Waals surface area contributed by atoms with Crippen molar-refractivity contribution in [2.45, 2.75) is 6.92 Å². The second-order valence-electron chi connectivity index (χ2n) is 6.15. The van der Waals surface area contributed by atoms with E-state index in [2.05, 4.69) is 4.90 Å². The summed E-state index contributed by atoms with van der Waals surface area (Å²) in [7, 11) is 0. The molecule has 5 heteroatoms. The van der Waals surface area contributed by atoms with Gasteiger partial charge < -0.3 is 14.5 Å². The summed E-state index contributed by atoms with van der Waals surface area (Å²) in [6.45, 7) is 4.68. The highest BCUT2D eigenvalue weighted by Crippen LogP contribution is 2.21. The summed E-state index contributed by atoms with van der Waals surface area (Å²) in [5, 5.41) is 0. The minimum Gasteiger partial charge on any atom is -0.423 e. The molecule has 0 N–H and O–H groups in total. The van der Waals surface area contributed by atoms with Gasteiger partial charge in [0.2, 0.25) is 5.91 Å². The van der Waals surface area contributed by atoms with Crippen LogP contribution in [0.5, 0.6) is 5.75 Å². The molecule has 0 saturated carbocycles. The lowest BCUT2D eigenvalue weighted by Gasteiger charge is -2.35. The largest absolute Gasteiger partial charge is 0.423 e. The van der Waals surface area contributed by atoms with Crippen molar-refractivity contribution in [1.29, 1.82) is 0 Å². The molecule has 26 heavy (non-hydrogen) atoms. The third-order valence-corrected chi connectivity index (χ3v) is 4.36. The van der Waals surface area contributed by atoms with Crippen LogP contribution in [0.2, 0.25) is 0 Å². The van der Waals surface area contributed by atoms with Gasteiger partial charge in [0.15, 0.2) is 0 Å². The highest BCUT2D eigenvalue weighted by Gasteiger charge is 2.18. The third kappa shape index (κ3) is 4.72. The van der Waals surface area contributed by atoms with Gasteiger partial charge in [0.1, 0.15) is 5.75 Å². The first-order valence-electron chi connectivity index (χ1n) is 8.67. The van der Waals surface area contributed by atoms with Crippen molar-refractivity contribution >= 4 is 23.6 Å². The van der Waals surface area contributed by atoms with Gasteiger partial charge in [-0.25, -0.2) is 4.79 Å². The molecule has 0 aromatic heterocycles. The van der Waals surface area contributed by atoms with Gasteiger partial charge in [-0.3, -0.25) is 4.79 Å². The van der Waals surface area contributed by atoms with E-state index in [-0.39, 0.29) is 5.91 Å². The minimum atomic E-state index is -0.406. The molecule has 134 valence electrons. The molecule has 0 aliphatic carbocycles. The maximum atomic E-state index is 11.9. The van der Waals surface area contributed by atoms with Crippen LogP contribution in [0.3, 0.4) is 0 Å². The van der Waals surface area contributed by atoms with Crippen LogP contribution in [-0.2, 0) is 9.59 Å². The minimum absolute atomic E-state index is 0.121. The number of esters is 1. The summed E-state index contributed by atoms with van der Waals surface area (Å²) in [6, 6.07) is 17.1. The van der Waals surface area contributed by atoms with Crippen LogP contribution in [0.25, 0.3) is 6.08 Å². The van der Waals surface area contributed by atoms with E-state index in [1.807, 2.05) is 47.4 Å². The molecule has 0 spiro atoms. The summed E-state index contributed by atoms with van der Waals surface area (Å²) < 4.78 is 5.33. The summed E-state index contributed by atoms with van der Waals surface area (Å²) in [4.78, 5) is 27.4. The number of hydrogen-bond acceptors (Lipinski definition) is 4. The standard InChI is InChI=1S/C21H22N2O3/c1-17(24)22-13-15-23(16-14-22)19-8-10-20(11-9-19)26-21(25)12-7-18-5-3-2-4-6-18/h2-12H,13-16H2,1H3/b12-7+. The number of carbonyl (C=O) groups excluding carboxylic acids is 2. The van der Waals surface area contributed by atoms with Gasteiger partial charge in [0.05, 0.1) is 0 Å². The van der Waals surface area contributed by atoms with Crippen molar-refractivity contribution in [3.05, 3.63) is 66.2 Å². The Hall–Kier alpha value is -3.08. The van der Waals surface area contributed by atoms with E-state index in [9.17, 15) is 9.59 Å². The average molecular weight is 350 g/mol. The Labute approximate surface area is 153 Å². The summed E-state index contributed by atoms with van der Waals surface area (Å²) in [5.41, 5.74) is 2.01. The van der Waals surface area contributed by atoms with Crippen LogP contribution in [0.4, 0.5) is 5.69 Å². The average Bonchev–Trinajstić information content (AvgIpc) is 2.68. The molecule has 2 aromatic rings. The molecule has 1 saturated heterocycles. The Bertz CT molecular complexity index is 777. The van der Waals surface area contributed by atoms with Gasteiger partial charge in [0, 0.05) is 44.9 Å². The smallest absolute Gasteiger partial charge is 0.336 e. The second kappa shape index (κ2) is 8.34. The van der Waals surface area contributed by atoms with E-state index in [4.69, 9.17) is 4.74 Å². The van der Waals surface area contributed by atoms with Crippen molar-refractivity contribution in [1.82, 2.24) is 4.90 Å². The van der Waals surface area contributed by atoms with Crippen LogP contribution < -0.4 is 9.64 Å². The number of nitrogens with zero attached hydrogens (tertiary/aromatic N) is 2. The third-order valence-electron chi connectivity index (χ3n) is 4.36. The van der Waals surface area contributed by atoms with E-state index < -0.39 is 5.97 Å². The number of amides is 1. The molecule has 3 rings (SSSR count). The molecule has 0 atom stereocenters. The van der Waals surface area contributed by atoms with E-state index in [0.717, 1.165) is 37.4 Å².